The molecule has 1 aromatic rings. The summed E-state index contributed by atoms with van der Waals surface area (Å²) in [6, 6.07) is 2.70. The average Bonchev–Trinajstić information content (AvgIpc) is 2.50. The molecule has 4 nitrogen and oxygen atoms in total. The zero-order chi connectivity index (χ0) is 14.4. The van der Waals surface area contributed by atoms with Crippen LogP contribution >= 0.6 is 0 Å². The summed E-state index contributed by atoms with van der Waals surface area (Å²) in [5.41, 5.74) is 4.59. The van der Waals surface area contributed by atoms with Crippen LogP contribution in [0.3, 0.4) is 0 Å². The van der Waals surface area contributed by atoms with E-state index in [0.29, 0.717) is 0 Å². The Bertz CT molecular complexity index is 598. The zero-order valence-electron chi connectivity index (χ0n) is 10.1. The van der Waals surface area contributed by atoms with E-state index in [1.807, 2.05) is 0 Å². The first-order valence-corrected chi connectivity index (χ1v) is 7.19. The lowest BCUT2D eigenvalue weighted by atomic mass is 10.1. The molecule has 1 atom stereocenters. The van der Waals surface area contributed by atoms with Crippen molar-refractivity contribution < 1.29 is 21.6 Å². The summed E-state index contributed by atoms with van der Waals surface area (Å²) >= 11 is 0. The minimum absolute atomic E-state index is 0.0204. The molecular weight excluding hydrogens is 281 g/mol. The Morgan fingerprint density at radius 2 is 2.00 bits per heavy atom. The highest BCUT2D eigenvalue weighted by Gasteiger charge is 2.36. The number of anilines is 2. The topological polar surface area (TPSA) is 63.4 Å². The standard InChI is InChI=1S/C11H13F3N2O2S/c1-7-5-16(19(17,18)6-7)10-3-2-8(4-9(10)15)11(12,13)14/h2-4,7H,5-6,15H2,1H3. The first kappa shape index (κ1) is 14.0. The van der Waals surface area contributed by atoms with Gasteiger partial charge in [0.2, 0.25) is 10.0 Å². The molecule has 0 amide bonds. The summed E-state index contributed by atoms with van der Waals surface area (Å²) in [4.78, 5) is 0. The van der Waals surface area contributed by atoms with Crippen LogP contribution in [-0.4, -0.2) is 20.7 Å². The Hall–Kier alpha value is -1.44. The third-order valence-electron chi connectivity index (χ3n) is 2.93. The molecule has 0 radical (unpaired) electrons. The van der Waals surface area contributed by atoms with Crippen molar-refractivity contribution in [3.8, 4) is 0 Å². The second-order valence-electron chi connectivity index (χ2n) is 4.69. The molecule has 1 aliphatic heterocycles. The van der Waals surface area contributed by atoms with Gasteiger partial charge in [-0.25, -0.2) is 8.42 Å². The van der Waals surface area contributed by atoms with Crippen LogP contribution in [0.5, 0.6) is 0 Å². The maximum atomic E-state index is 12.5. The molecule has 1 aromatic carbocycles. The van der Waals surface area contributed by atoms with E-state index in [1.165, 1.54) is 0 Å². The lowest BCUT2D eigenvalue weighted by molar-refractivity contribution is -0.137. The van der Waals surface area contributed by atoms with E-state index in [0.717, 1.165) is 22.5 Å². The zero-order valence-corrected chi connectivity index (χ0v) is 10.9. The Kier molecular flexibility index (Phi) is 3.16. The molecule has 2 N–H and O–H groups in total. The van der Waals surface area contributed by atoms with Gasteiger partial charge in [0.05, 0.1) is 22.7 Å². The molecule has 1 unspecified atom stereocenters. The first-order valence-electron chi connectivity index (χ1n) is 5.58. The van der Waals surface area contributed by atoms with Gasteiger partial charge in [-0.05, 0) is 24.1 Å². The summed E-state index contributed by atoms with van der Waals surface area (Å²) in [5, 5.41) is 0. The van der Waals surface area contributed by atoms with Crippen LogP contribution in [0.1, 0.15) is 12.5 Å². The summed E-state index contributed by atoms with van der Waals surface area (Å²) in [5.74, 6) is -0.0975. The molecule has 0 spiro atoms. The number of halogens is 3. The minimum atomic E-state index is -4.50. The second kappa shape index (κ2) is 4.29. The van der Waals surface area contributed by atoms with E-state index in [4.69, 9.17) is 5.73 Å². The third-order valence-corrected chi connectivity index (χ3v) is 4.94. The lowest BCUT2D eigenvalue weighted by Gasteiger charge is -2.20. The van der Waals surface area contributed by atoms with E-state index in [9.17, 15) is 21.6 Å². The molecule has 1 aliphatic rings. The van der Waals surface area contributed by atoms with Gasteiger partial charge in [0, 0.05) is 6.54 Å². The van der Waals surface area contributed by atoms with Gasteiger partial charge in [0.15, 0.2) is 0 Å². The third kappa shape index (κ3) is 2.63. The van der Waals surface area contributed by atoms with Gasteiger partial charge in [-0.3, -0.25) is 4.31 Å². The van der Waals surface area contributed by atoms with Crippen LogP contribution in [0.15, 0.2) is 18.2 Å². The monoisotopic (exact) mass is 294 g/mol. The number of rotatable bonds is 1. The maximum absolute atomic E-state index is 12.5. The molecule has 0 aromatic heterocycles. The lowest BCUT2D eigenvalue weighted by Crippen LogP contribution is -2.26. The normalized spacial score (nSPS) is 22.7. The van der Waals surface area contributed by atoms with E-state index in [-0.39, 0.29) is 29.6 Å². The largest absolute Gasteiger partial charge is 0.416 e. The SMILES string of the molecule is CC1CN(c2ccc(C(F)(F)F)cc2N)S(=O)(=O)C1. The van der Waals surface area contributed by atoms with Gasteiger partial charge >= 0.3 is 6.18 Å². The molecule has 106 valence electrons. The van der Waals surface area contributed by atoms with Crippen LogP contribution in [0.25, 0.3) is 0 Å². The summed E-state index contributed by atoms with van der Waals surface area (Å²) in [6.07, 6.45) is -4.50. The van der Waals surface area contributed by atoms with Crippen molar-refractivity contribution in [3.63, 3.8) is 0 Å². The van der Waals surface area contributed by atoms with E-state index in [1.54, 1.807) is 6.92 Å². The van der Waals surface area contributed by atoms with Crippen LogP contribution < -0.4 is 10.0 Å². The Morgan fingerprint density at radius 3 is 2.42 bits per heavy atom. The molecule has 2 rings (SSSR count). The van der Waals surface area contributed by atoms with Crippen molar-refractivity contribution in [1.29, 1.82) is 0 Å². The highest BCUT2D eigenvalue weighted by atomic mass is 32.2. The maximum Gasteiger partial charge on any atom is 0.416 e. The predicted molar refractivity (Wildman–Crippen MR) is 66.2 cm³/mol. The van der Waals surface area contributed by atoms with Gasteiger partial charge in [-0.15, -0.1) is 0 Å². The van der Waals surface area contributed by atoms with Crippen molar-refractivity contribution in [2.45, 2.75) is 13.1 Å². The molecule has 1 heterocycles. The fraction of sp³-hybridized carbons (Fsp3) is 0.455. The van der Waals surface area contributed by atoms with Gasteiger partial charge < -0.3 is 5.73 Å². The predicted octanol–water partition coefficient (Wildman–Crippen LogP) is 2.07. The highest BCUT2D eigenvalue weighted by molar-refractivity contribution is 7.93. The second-order valence-corrected chi connectivity index (χ2v) is 6.62. The van der Waals surface area contributed by atoms with Crippen molar-refractivity contribution in [2.75, 3.05) is 22.3 Å². The van der Waals surface area contributed by atoms with Crippen molar-refractivity contribution in [2.24, 2.45) is 5.92 Å². The minimum Gasteiger partial charge on any atom is -0.397 e. The van der Waals surface area contributed by atoms with Crippen LogP contribution in [0.4, 0.5) is 24.5 Å². The van der Waals surface area contributed by atoms with Crippen LogP contribution in [-0.2, 0) is 16.2 Å². The number of hydrogen-bond donors (Lipinski definition) is 1. The number of nitrogens with zero attached hydrogens (tertiary/aromatic N) is 1. The fourth-order valence-corrected chi connectivity index (χ4v) is 4.06. The van der Waals surface area contributed by atoms with Crippen LogP contribution in [0.2, 0.25) is 0 Å². The fourth-order valence-electron chi connectivity index (χ4n) is 2.11. The molecular formula is C11H13F3N2O2S. The molecule has 0 bridgehead atoms. The van der Waals surface area contributed by atoms with Crippen molar-refractivity contribution in [1.82, 2.24) is 0 Å². The summed E-state index contributed by atoms with van der Waals surface area (Å²) in [7, 11) is -3.49. The number of alkyl halides is 3. The highest BCUT2D eigenvalue weighted by Crippen LogP contribution is 2.36. The van der Waals surface area contributed by atoms with Gasteiger partial charge in [0.1, 0.15) is 0 Å². The van der Waals surface area contributed by atoms with E-state index in [2.05, 4.69) is 0 Å². The van der Waals surface area contributed by atoms with Gasteiger partial charge in [-0.1, -0.05) is 6.92 Å². The first-order chi connectivity index (χ1) is 8.61. The summed E-state index contributed by atoms with van der Waals surface area (Å²) < 4.78 is 62.3. The Balaban J connectivity index is 2.43. The van der Waals surface area contributed by atoms with Gasteiger partial charge in [0.25, 0.3) is 0 Å². The smallest absolute Gasteiger partial charge is 0.397 e. The van der Waals surface area contributed by atoms with Crippen LogP contribution in [0, 0.1) is 5.92 Å². The van der Waals surface area contributed by atoms with Crippen molar-refractivity contribution >= 4 is 21.4 Å². The molecule has 1 fully saturated rings. The molecule has 8 heteroatoms. The van der Waals surface area contributed by atoms with E-state index >= 15 is 0 Å². The van der Waals surface area contributed by atoms with E-state index < -0.39 is 21.8 Å². The van der Waals surface area contributed by atoms with Gasteiger partial charge in [-0.2, -0.15) is 13.2 Å². The molecule has 19 heavy (non-hydrogen) atoms. The number of benzene rings is 1. The number of nitrogens with two attached hydrogens (primary N) is 1. The average molecular weight is 294 g/mol. The van der Waals surface area contributed by atoms with Crippen molar-refractivity contribution in [3.05, 3.63) is 23.8 Å². The molecule has 0 aliphatic carbocycles. The number of nitrogen functional groups attached to an aromatic ring is 1. The molecule has 0 saturated carbocycles. The summed E-state index contributed by atoms with van der Waals surface area (Å²) in [6.45, 7) is 2.00. The number of hydrogen-bond acceptors (Lipinski definition) is 3. The quantitative estimate of drug-likeness (QED) is 0.807. The Labute approximate surface area is 109 Å². The number of sulfonamides is 1. The Morgan fingerprint density at radius 1 is 1.37 bits per heavy atom. The molecule has 1 saturated heterocycles.